The van der Waals surface area contributed by atoms with Crippen LogP contribution in [0, 0.1) is 0 Å². The Morgan fingerprint density at radius 3 is 2.41 bits per heavy atom. The zero-order valence-corrected chi connectivity index (χ0v) is 12.2. The molecule has 0 aromatic heterocycles. The van der Waals surface area contributed by atoms with Crippen LogP contribution in [0.3, 0.4) is 0 Å². The molecule has 1 rings (SSSR count). The normalized spacial score (nSPS) is 12.9. The molecule has 96 valence electrons. The minimum atomic E-state index is 0.297. The predicted molar refractivity (Wildman–Crippen MR) is 77.1 cm³/mol. The summed E-state index contributed by atoms with van der Waals surface area (Å²) in [7, 11) is 2.09. The monoisotopic (exact) mass is 254 g/mol. The summed E-state index contributed by atoms with van der Waals surface area (Å²) in [6, 6.07) is 7.07. The van der Waals surface area contributed by atoms with Gasteiger partial charge in [-0.3, -0.25) is 0 Å². The van der Waals surface area contributed by atoms with Gasteiger partial charge in [-0.05, 0) is 45.0 Å². The largest absolute Gasteiger partial charge is 0.372 e. The highest BCUT2D eigenvalue weighted by Gasteiger charge is 2.11. The summed E-state index contributed by atoms with van der Waals surface area (Å²) in [4.78, 5) is 2.22. The van der Waals surface area contributed by atoms with Gasteiger partial charge in [0, 0.05) is 29.8 Å². The van der Waals surface area contributed by atoms with Gasteiger partial charge in [0.1, 0.15) is 0 Å². The molecule has 0 spiro atoms. The van der Waals surface area contributed by atoms with Crippen molar-refractivity contribution in [3.8, 4) is 0 Å². The highest BCUT2D eigenvalue weighted by Crippen LogP contribution is 2.28. The van der Waals surface area contributed by atoms with Crippen LogP contribution in [-0.4, -0.2) is 19.6 Å². The highest BCUT2D eigenvalue weighted by molar-refractivity contribution is 6.31. The van der Waals surface area contributed by atoms with Crippen LogP contribution >= 0.6 is 11.6 Å². The second-order valence-corrected chi connectivity index (χ2v) is 5.10. The predicted octanol–water partition coefficient (Wildman–Crippen LogP) is 3.86. The maximum Gasteiger partial charge on any atom is 0.0474 e. The third kappa shape index (κ3) is 3.62. The quantitative estimate of drug-likeness (QED) is 0.859. The number of halogens is 1. The lowest BCUT2D eigenvalue weighted by atomic mass is 10.1. The van der Waals surface area contributed by atoms with E-state index in [0.717, 1.165) is 22.8 Å². The summed E-state index contributed by atoms with van der Waals surface area (Å²) in [5.41, 5.74) is 2.33. The average Bonchev–Trinajstić information content (AvgIpc) is 2.27. The fourth-order valence-corrected chi connectivity index (χ4v) is 2.14. The minimum absolute atomic E-state index is 0.297. The van der Waals surface area contributed by atoms with Crippen molar-refractivity contribution in [3.63, 3.8) is 0 Å². The van der Waals surface area contributed by atoms with Crippen LogP contribution < -0.4 is 10.2 Å². The van der Waals surface area contributed by atoms with Crippen LogP contribution in [0.4, 0.5) is 5.69 Å². The van der Waals surface area contributed by atoms with Gasteiger partial charge in [-0.1, -0.05) is 24.6 Å². The Bertz CT molecular complexity index is 363. The van der Waals surface area contributed by atoms with Crippen LogP contribution in [0.15, 0.2) is 18.2 Å². The molecule has 1 aromatic carbocycles. The summed E-state index contributed by atoms with van der Waals surface area (Å²) in [6.45, 7) is 9.53. The summed E-state index contributed by atoms with van der Waals surface area (Å²) in [5, 5.41) is 4.21. The topological polar surface area (TPSA) is 15.3 Å². The fourth-order valence-electron chi connectivity index (χ4n) is 1.80. The molecule has 1 aromatic rings. The van der Waals surface area contributed by atoms with E-state index in [1.54, 1.807) is 0 Å². The van der Waals surface area contributed by atoms with Crippen molar-refractivity contribution in [1.82, 2.24) is 5.32 Å². The van der Waals surface area contributed by atoms with E-state index in [-0.39, 0.29) is 0 Å². The molecule has 0 bridgehead atoms. The van der Waals surface area contributed by atoms with E-state index in [4.69, 9.17) is 11.6 Å². The molecule has 2 nitrogen and oxygen atoms in total. The molecule has 1 N–H and O–H groups in total. The van der Waals surface area contributed by atoms with Crippen LogP contribution in [0.5, 0.6) is 0 Å². The highest BCUT2D eigenvalue weighted by atomic mass is 35.5. The van der Waals surface area contributed by atoms with Gasteiger partial charge in [0.2, 0.25) is 0 Å². The lowest BCUT2D eigenvalue weighted by Crippen LogP contribution is -2.25. The molecule has 0 fully saturated rings. The lowest BCUT2D eigenvalue weighted by Gasteiger charge is -2.25. The zero-order chi connectivity index (χ0) is 13.0. The van der Waals surface area contributed by atoms with Gasteiger partial charge in [-0.25, -0.2) is 0 Å². The Hall–Kier alpha value is -0.730. The van der Waals surface area contributed by atoms with E-state index in [0.29, 0.717) is 12.1 Å². The first-order chi connectivity index (χ1) is 7.97. The van der Waals surface area contributed by atoms with E-state index < -0.39 is 0 Å². The first kappa shape index (κ1) is 14.3. The first-order valence-electron chi connectivity index (χ1n) is 6.23. The molecular weight excluding hydrogens is 232 g/mol. The molecule has 0 heterocycles. The Kier molecular flexibility index (Phi) is 5.29. The number of nitrogens with zero attached hydrogens (tertiary/aromatic N) is 1. The third-order valence-electron chi connectivity index (χ3n) is 3.14. The maximum absolute atomic E-state index is 6.34. The zero-order valence-electron chi connectivity index (χ0n) is 11.4. The van der Waals surface area contributed by atoms with Crippen LogP contribution in [0.1, 0.15) is 39.3 Å². The number of anilines is 1. The van der Waals surface area contributed by atoms with Crippen molar-refractivity contribution in [2.45, 2.75) is 39.8 Å². The molecule has 1 atom stereocenters. The Balaban J connectivity index is 2.93. The van der Waals surface area contributed by atoms with Crippen molar-refractivity contribution in [2.24, 2.45) is 0 Å². The van der Waals surface area contributed by atoms with Gasteiger partial charge in [-0.15, -0.1) is 0 Å². The summed E-state index contributed by atoms with van der Waals surface area (Å²) in [5.74, 6) is 0. The molecule has 1 unspecified atom stereocenters. The third-order valence-corrected chi connectivity index (χ3v) is 3.47. The van der Waals surface area contributed by atoms with Crippen molar-refractivity contribution >= 4 is 17.3 Å². The molecular formula is C14H23ClN2. The van der Waals surface area contributed by atoms with Crippen LogP contribution in [0.2, 0.25) is 5.02 Å². The Labute approximate surface area is 110 Å². The van der Waals surface area contributed by atoms with Crippen LogP contribution in [0.25, 0.3) is 0 Å². The minimum Gasteiger partial charge on any atom is -0.372 e. The standard InChI is InChI=1S/C14H23ClN2/c1-6-16-11(4)13-8-7-12(9-14(13)15)17(5)10(2)3/h7-11,16H,6H2,1-5H3. The molecule has 3 heteroatoms. The second kappa shape index (κ2) is 6.27. The van der Waals surface area contributed by atoms with Gasteiger partial charge in [0.05, 0.1) is 0 Å². The van der Waals surface area contributed by atoms with Gasteiger partial charge in [0.15, 0.2) is 0 Å². The van der Waals surface area contributed by atoms with E-state index >= 15 is 0 Å². The smallest absolute Gasteiger partial charge is 0.0474 e. The molecule has 0 saturated heterocycles. The summed E-state index contributed by atoms with van der Waals surface area (Å²) in [6.07, 6.45) is 0. The van der Waals surface area contributed by atoms with Crippen LogP contribution in [-0.2, 0) is 0 Å². The van der Waals surface area contributed by atoms with E-state index in [9.17, 15) is 0 Å². The number of rotatable bonds is 5. The van der Waals surface area contributed by atoms with Gasteiger partial charge in [0.25, 0.3) is 0 Å². The van der Waals surface area contributed by atoms with Crippen molar-refractivity contribution in [3.05, 3.63) is 28.8 Å². The molecule has 0 saturated carbocycles. The molecule has 0 amide bonds. The van der Waals surface area contributed by atoms with Crippen molar-refractivity contribution < 1.29 is 0 Å². The van der Waals surface area contributed by atoms with Gasteiger partial charge in [-0.2, -0.15) is 0 Å². The maximum atomic E-state index is 6.34. The van der Waals surface area contributed by atoms with Crippen molar-refractivity contribution in [1.29, 1.82) is 0 Å². The fraction of sp³-hybridized carbons (Fsp3) is 0.571. The SMILES string of the molecule is CCNC(C)c1ccc(N(C)C(C)C)cc1Cl. The Morgan fingerprint density at radius 1 is 1.29 bits per heavy atom. The first-order valence-corrected chi connectivity index (χ1v) is 6.60. The van der Waals surface area contributed by atoms with Crippen molar-refractivity contribution in [2.75, 3.05) is 18.5 Å². The van der Waals surface area contributed by atoms with E-state index in [2.05, 4.69) is 57.1 Å². The number of nitrogens with one attached hydrogen (secondary N) is 1. The number of hydrogen-bond donors (Lipinski definition) is 1. The van der Waals surface area contributed by atoms with E-state index in [1.165, 1.54) is 0 Å². The summed E-state index contributed by atoms with van der Waals surface area (Å²) >= 11 is 6.34. The molecule has 0 aliphatic carbocycles. The van der Waals surface area contributed by atoms with E-state index in [1.807, 2.05) is 6.07 Å². The lowest BCUT2D eigenvalue weighted by molar-refractivity contribution is 0.598. The molecule has 0 aliphatic heterocycles. The summed E-state index contributed by atoms with van der Waals surface area (Å²) < 4.78 is 0. The van der Waals surface area contributed by atoms with Gasteiger partial charge < -0.3 is 10.2 Å². The molecule has 17 heavy (non-hydrogen) atoms. The Morgan fingerprint density at radius 2 is 1.94 bits per heavy atom. The number of hydrogen-bond acceptors (Lipinski definition) is 2. The number of benzene rings is 1. The van der Waals surface area contributed by atoms with Gasteiger partial charge >= 0.3 is 0 Å². The second-order valence-electron chi connectivity index (χ2n) is 4.69. The molecule has 0 aliphatic rings. The molecule has 0 radical (unpaired) electrons. The average molecular weight is 255 g/mol.